The van der Waals surface area contributed by atoms with Crippen molar-refractivity contribution >= 4 is 17.3 Å². The maximum atomic E-state index is 13.3. The number of rotatable bonds is 4. The van der Waals surface area contributed by atoms with Gasteiger partial charge in [-0.15, -0.1) is 0 Å². The number of hydrogen-bond donors (Lipinski definition) is 1. The maximum Gasteiger partial charge on any atom is 0.142 e. The number of halogens is 3. The highest BCUT2D eigenvalue weighted by Gasteiger charge is 2.10. The topological polar surface area (TPSA) is 41.8 Å². The van der Waals surface area contributed by atoms with Crippen LogP contribution in [0.4, 0.5) is 8.78 Å². The van der Waals surface area contributed by atoms with Gasteiger partial charge in [0.15, 0.2) is 0 Å². The van der Waals surface area contributed by atoms with Crippen LogP contribution < -0.4 is 4.74 Å². The van der Waals surface area contributed by atoms with Crippen molar-refractivity contribution in [3.05, 3.63) is 64.2 Å². The van der Waals surface area contributed by atoms with Crippen LogP contribution in [0.15, 0.2) is 41.6 Å². The minimum absolute atomic E-state index is 0.0217. The van der Waals surface area contributed by atoms with E-state index in [9.17, 15) is 8.78 Å². The van der Waals surface area contributed by atoms with Gasteiger partial charge in [0.05, 0.1) is 10.7 Å². The van der Waals surface area contributed by atoms with E-state index < -0.39 is 11.6 Å². The van der Waals surface area contributed by atoms with Crippen molar-refractivity contribution < 1.29 is 18.7 Å². The predicted octanol–water partition coefficient (Wildman–Crippen LogP) is 4.40. The van der Waals surface area contributed by atoms with Gasteiger partial charge in [-0.25, -0.2) is 8.78 Å². The highest BCUT2D eigenvalue weighted by molar-refractivity contribution is 6.30. The Morgan fingerprint density at radius 1 is 1.24 bits per heavy atom. The molecule has 0 radical (unpaired) electrons. The first-order chi connectivity index (χ1) is 10.0. The molecular formula is C15H12ClF2NO2. The van der Waals surface area contributed by atoms with Gasteiger partial charge < -0.3 is 9.94 Å². The van der Waals surface area contributed by atoms with Crippen molar-refractivity contribution in [2.45, 2.75) is 13.5 Å². The van der Waals surface area contributed by atoms with Crippen LogP contribution in [0.5, 0.6) is 5.75 Å². The molecule has 0 aliphatic carbocycles. The Hall–Kier alpha value is -2.14. The second-order valence-corrected chi connectivity index (χ2v) is 4.77. The molecule has 2 rings (SSSR count). The molecule has 0 aliphatic rings. The van der Waals surface area contributed by atoms with Crippen molar-refractivity contribution in [3.8, 4) is 5.75 Å². The second kappa shape index (κ2) is 6.54. The summed E-state index contributed by atoms with van der Waals surface area (Å²) in [6.45, 7) is 1.59. The molecule has 3 nitrogen and oxygen atoms in total. The molecule has 0 unspecified atom stereocenters. The van der Waals surface area contributed by atoms with Gasteiger partial charge in [0.25, 0.3) is 0 Å². The Bertz CT molecular complexity index is 689. The van der Waals surface area contributed by atoms with E-state index in [1.165, 1.54) is 30.3 Å². The van der Waals surface area contributed by atoms with Crippen molar-refractivity contribution in [2.24, 2.45) is 5.16 Å². The third-order valence-electron chi connectivity index (χ3n) is 2.86. The van der Waals surface area contributed by atoms with Gasteiger partial charge in [0.1, 0.15) is 24.0 Å². The zero-order chi connectivity index (χ0) is 15.4. The molecule has 0 fully saturated rings. The highest BCUT2D eigenvalue weighted by atomic mass is 35.5. The van der Waals surface area contributed by atoms with E-state index in [0.29, 0.717) is 11.1 Å². The van der Waals surface area contributed by atoms with E-state index in [1.807, 2.05) is 0 Å². The van der Waals surface area contributed by atoms with Gasteiger partial charge >= 0.3 is 0 Å². The van der Waals surface area contributed by atoms with E-state index >= 15 is 0 Å². The summed E-state index contributed by atoms with van der Waals surface area (Å²) in [6, 6.07) is 8.13. The van der Waals surface area contributed by atoms with Crippen LogP contribution in [-0.2, 0) is 6.61 Å². The summed E-state index contributed by atoms with van der Waals surface area (Å²) in [4.78, 5) is 0. The molecule has 2 aromatic carbocycles. The number of oxime groups is 1. The van der Waals surface area contributed by atoms with Gasteiger partial charge in [0.2, 0.25) is 0 Å². The summed E-state index contributed by atoms with van der Waals surface area (Å²) in [5.74, 6) is -0.826. The number of benzene rings is 2. The lowest BCUT2D eigenvalue weighted by Crippen LogP contribution is -2.03. The largest absolute Gasteiger partial charge is 0.488 e. The molecule has 0 aromatic heterocycles. The first-order valence-corrected chi connectivity index (χ1v) is 6.44. The van der Waals surface area contributed by atoms with E-state index in [2.05, 4.69) is 5.16 Å². The van der Waals surface area contributed by atoms with E-state index in [-0.39, 0.29) is 23.1 Å². The van der Waals surface area contributed by atoms with Crippen LogP contribution in [0.2, 0.25) is 5.02 Å². The van der Waals surface area contributed by atoms with Crippen molar-refractivity contribution in [1.29, 1.82) is 0 Å². The third-order valence-corrected chi connectivity index (χ3v) is 3.17. The molecule has 110 valence electrons. The molecule has 0 amide bonds. The van der Waals surface area contributed by atoms with E-state index in [4.69, 9.17) is 21.5 Å². The van der Waals surface area contributed by atoms with Gasteiger partial charge in [-0.1, -0.05) is 22.8 Å². The molecule has 0 saturated carbocycles. The van der Waals surface area contributed by atoms with Crippen LogP contribution in [0.25, 0.3) is 0 Å². The Kier molecular flexibility index (Phi) is 4.75. The van der Waals surface area contributed by atoms with Gasteiger partial charge in [-0.2, -0.15) is 0 Å². The minimum atomic E-state index is -0.551. The molecule has 2 aromatic rings. The number of nitrogens with zero attached hydrogens (tertiary/aromatic N) is 1. The number of hydrogen-bond acceptors (Lipinski definition) is 3. The zero-order valence-corrected chi connectivity index (χ0v) is 11.9. The standard InChI is InChI=1S/C15H12ClF2NO2/c1-9(19-20)12-4-3-11(17)7-15(12)21-8-10-2-5-13(16)14(18)6-10/h2-7,20H,8H2,1H3/b19-9-. The Labute approximate surface area is 125 Å². The van der Waals surface area contributed by atoms with Gasteiger partial charge in [-0.3, -0.25) is 0 Å². The lowest BCUT2D eigenvalue weighted by atomic mass is 10.1. The fraction of sp³-hybridized carbons (Fsp3) is 0.133. The van der Waals surface area contributed by atoms with Crippen LogP contribution >= 0.6 is 11.6 Å². The summed E-state index contributed by atoms with van der Waals surface area (Å²) in [7, 11) is 0. The van der Waals surface area contributed by atoms with Crippen LogP contribution in [0.3, 0.4) is 0 Å². The van der Waals surface area contributed by atoms with Crippen LogP contribution in [-0.4, -0.2) is 10.9 Å². The average molecular weight is 312 g/mol. The van der Waals surface area contributed by atoms with Crippen LogP contribution in [0.1, 0.15) is 18.1 Å². The second-order valence-electron chi connectivity index (χ2n) is 4.36. The van der Waals surface area contributed by atoms with Gasteiger partial charge in [-0.05, 0) is 36.8 Å². The summed E-state index contributed by atoms with van der Waals surface area (Å²) in [5, 5.41) is 11.9. The predicted molar refractivity (Wildman–Crippen MR) is 76.1 cm³/mol. The first kappa shape index (κ1) is 15.3. The molecule has 0 atom stereocenters. The van der Waals surface area contributed by atoms with E-state index in [0.717, 1.165) is 0 Å². The highest BCUT2D eigenvalue weighted by Crippen LogP contribution is 2.23. The lowest BCUT2D eigenvalue weighted by molar-refractivity contribution is 0.301. The average Bonchev–Trinajstić information content (AvgIpc) is 2.48. The third kappa shape index (κ3) is 3.70. The van der Waals surface area contributed by atoms with Crippen molar-refractivity contribution in [1.82, 2.24) is 0 Å². The normalized spacial score (nSPS) is 11.5. The summed E-state index contributed by atoms with van der Waals surface area (Å²) >= 11 is 5.60. The minimum Gasteiger partial charge on any atom is -0.488 e. The Morgan fingerprint density at radius 2 is 2.00 bits per heavy atom. The molecular weight excluding hydrogens is 300 g/mol. The summed E-state index contributed by atoms with van der Waals surface area (Å²) in [6.07, 6.45) is 0. The lowest BCUT2D eigenvalue weighted by Gasteiger charge is -2.11. The fourth-order valence-electron chi connectivity index (χ4n) is 1.76. The summed E-state index contributed by atoms with van der Waals surface area (Å²) < 4.78 is 32.1. The monoisotopic (exact) mass is 311 g/mol. The molecule has 1 N–H and O–H groups in total. The smallest absolute Gasteiger partial charge is 0.142 e. The first-order valence-electron chi connectivity index (χ1n) is 6.06. The number of ether oxygens (including phenoxy) is 1. The zero-order valence-electron chi connectivity index (χ0n) is 11.1. The molecule has 6 heteroatoms. The molecule has 21 heavy (non-hydrogen) atoms. The van der Waals surface area contributed by atoms with Crippen molar-refractivity contribution in [2.75, 3.05) is 0 Å². The van der Waals surface area contributed by atoms with E-state index in [1.54, 1.807) is 13.0 Å². The van der Waals surface area contributed by atoms with Gasteiger partial charge in [0, 0.05) is 11.6 Å². The molecule has 0 bridgehead atoms. The van der Waals surface area contributed by atoms with Crippen LogP contribution in [0, 0.1) is 11.6 Å². The molecule has 0 spiro atoms. The SMILES string of the molecule is C/C(=N/O)c1ccc(F)cc1OCc1ccc(Cl)c(F)c1. The molecule has 0 aliphatic heterocycles. The summed E-state index contributed by atoms with van der Waals surface area (Å²) in [5.41, 5.74) is 1.28. The Balaban J connectivity index is 2.22. The molecule has 0 saturated heterocycles. The molecule has 0 heterocycles. The quantitative estimate of drug-likeness (QED) is 0.517. The fourth-order valence-corrected chi connectivity index (χ4v) is 1.88. The Morgan fingerprint density at radius 3 is 2.67 bits per heavy atom. The van der Waals surface area contributed by atoms with Crippen molar-refractivity contribution in [3.63, 3.8) is 0 Å². The maximum absolute atomic E-state index is 13.3.